The summed E-state index contributed by atoms with van der Waals surface area (Å²) in [5, 5.41) is 2.92. The number of piperazine rings is 1. The minimum absolute atomic E-state index is 0.141. The third-order valence-electron chi connectivity index (χ3n) is 7.96. The lowest BCUT2D eigenvalue weighted by molar-refractivity contribution is -0.119. The normalized spacial score (nSPS) is 16.6. The lowest BCUT2D eigenvalue weighted by atomic mass is 10.0. The Morgan fingerprint density at radius 1 is 0.929 bits per heavy atom. The molecule has 2 saturated heterocycles. The molecule has 0 aliphatic carbocycles. The van der Waals surface area contributed by atoms with E-state index in [1.807, 2.05) is 60.7 Å². The topological polar surface area (TPSA) is 98.6 Å². The van der Waals surface area contributed by atoms with Gasteiger partial charge in [-0.15, -0.1) is 0 Å². The molecule has 2 aromatic carbocycles. The van der Waals surface area contributed by atoms with E-state index in [1.54, 1.807) is 22.9 Å². The van der Waals surface area contributed by atoms with Gasteiger partial charge in [0.05, 0.1) is 12.2 Å². The fraction of sp³-hybridized carbons (Fsp3) is 0.406. The monoisotopic (exact) mass is 573 g/mol. The van der Waals surface area contributed by atoms with Gasteiger partial charge in [-0.3, -0.25) is 19.8 Å². The summed E-state index contributed by atoms with van der Waals surface area (Å²) in [7, 11) is 1.79. The highest BCUT2D eigenvalue weighted by Gasteiger charge is 2.24. The molecule has 10 nitrogen and oxygen atoms in total. The second-order valence-electron chi connectivity index (χ2n) is 10.9. The summed E-state index contributed by atoms with van der Waals surface area (Å²) in [4.78, 5) is 44.5. The van der Waals surface area contributed by atoms with Crippen LogP contribution in [0.15, 0.2) is 71.1 Å². The van der Waals surface area contributed by atoms with Crippen molar-refractivity contribution in [3.05, 3.63) is 78.3 Å². The molecule has 3 aromatic rings. The molecule has 1 aromatic heterocycles. The molecule has 0 spiro atoms. The first kappa shape index (κ1) is 29.3. The Morgan fingerprint density at radius 2 is 1.64 bits per heavy atom. The number of piperidine rings is 1. The summed E-state index contributed by atoms with van der Waals surface area (Å²) in [5.74, 6) is 0.949. The van der Waals surface area contributed by atoms with Gasteiger partial charge in [-0.1, -0.05) is 48.5 Å². The maximum absolute atomic E-state index is 12.9. The van der Waals surface area contributed by atoms with Gasteiger partial charge in [0.25, 0.3) is 5.91 Å². The molecule has 0 radical (unpaired) electrons. The Kier molecular flexibility index (Phi) is 9.89. The van der Waals surface area contributed by atoms with E-state index in [1.165, 1.54) is 0 Å². The van der Waals surface area contributed by atoms with Crippen molar-refractivity contribution in [3.63, 3.8) is 0 Å². The molecule has 2 aliphatic rings. The zero-order valence-corrected chi connectivity index (χ0v) is 24.1. The molecule has 10 heteroatoms. The molecule has 0 bridgehead atoms. The third kappa shape index (κ3) is 7.77. The Balaban J connectivity index is 1.02. The van der Waals surface area contributed by atoms with Crippen molar-refractivity contribution in [2.24, 2.45) is 0 Å². The highest BCUT2D eigenvalue weighted by atomic mass is 16.6. The van der Waals surface area contributed by atoms with Gasteiger partial charge in [0.2, 0.25) is 6.41 Å². The number of ether oxygens (including phenoxy) is 1. The Bertz CT molecular complexity index is 1330. The van der Waals surface area contributed by atoms with E-state index < -0.39 is 6.09 Å². The van der Waals surface area contributed by atoms with Crippen molar-refractivity contribution in [1.82, 2.24) is 19.6 Å². The summed E-state index contributed by atoms with van der Waals surface area (Å²) in [6, 6.07) is 21.2. The number of nitrogens with one attached hydrogen (secondary N) is 1. The van der Waals surface area contributed by atoms with Crippen LogP contribution in [0.3, 0.4) is 0 Å². The van der Waals surface area contributed by atoms with Crippen molar-refractivity contribution >= 4 is 24.1 Å². The number of rotatable bonds is 10. The first-order valence-corrected chi connectivity index (χ1v) is 14.6. The molecule has 2 fully saturated rings. The van der Waals surface area contributed by atoms with E-state index in [2.05, 4.69) is 15.1 Å². The molecule has 0 saturated carbocycles. The number of benzene rings is 2. The maximum atomic E-state index is 12.9. The Morgan fingerprint density at radius 3 is 2.38 bits per heavy atom. The summed E-state index contributed by atoms with van der Waals surface area (Å²) < 4.78 is 11.6. The number of para-hydroxylation sites is 1. The largest absolute Gasteiger partial charge is 0.455 e. The standard InChI is InChI=1S/C32H39N5O5/c1-34(31(39)30-12-11-27(41-30)23-36-19-21-37(24-38)22-20-36)17-18-35-15-13-26(14-16-35)42-32(40)33-29-10-6-5-9-28(29)25-7-3-2-4-8-25/h2-12,24,26H,13-23H2,1H3,(H,33,40). The zero-order valence-electron chi connectivity index (χ0n) is 24.1. The Labute approximate surface area is 246 Å². The number of hydrogen-bond donors (Lipinski definition) is 1. The van der Waals surface area contributed by atoms with Crippen molar-refractivity contribution < 1.29 is 23.5 Å². The summed E-state index contributed by atoms with van der Waals surface area (Å²) >= 11 is 0. The van der Waals surface area contributed by atoms with Crippen LogP contribution in [0.2, 0.25) is 0 Å². The fourth-order valence-electron chi connectivity index (χ4n) is 5.41. The number of anilines is 1. The average molecular weight is 574 g/mol. The van der Waals surface area contributed by atoms with E-state index in [4.69, 9.17) is 9.15 Å². The summed E-state index contributed by atoms with van der Waals surface area (Å²) in [6.07, 6.45) is 1.79. The molecule has 2 aliphatic heterocycles. The summed E-state index contributed by atoms with van der Waals surface area (Å²) in [6.45, 7) is 6.51. The molecular formula is C32H39N5O5. The van der Waals surface area contributed by atoms with E-state index >= 15 is 0 Å². The number of likely N-dealkylation sites (tertiary alicyclic amines) is 1. The van der Waals surface area contributed by atoms with Gasteiger partial charge >= 0.3 is 6.09 Å². The maximum Gasteiger partial charge on any atom is 0.411 e. The zero-order chi connectivity index (χ0) is 29.3. The highest BCUT2D eigenvalue weighted by Crippen LogP contribution is 2.28. The minimum atomic E-state index is -0.441. The molecule has 3 heterocycles. The van der Waals surface area contributed by atoms with E-state index in [9.17, 15) is 14.4 Å². The lowest BCUT2D eigenvalue weighted by Crippen LogP contribution is -2.45. The van der Waals surface area contributed by atoms with Crippen LogP contribution in [-0.2, 0) is 16.1 Å². The van der Waals surface area contributed by atoms with E-state index in [-0.39, 0.29) is 12.0 Å². The first-order valence-electron chi connectivity index (χ1n) is 14.6. The van der Waals surface area contributed by atoms with Crippen LogP contribution in [0.1, 0.15) is 29.2 Å². The number of amides is 3. The number of carbonyl (C=O) groups excluding carboxylic acids is 3. The van der Waals surface area contributed by atoms with Gasteiger partial charge in [0, 0.05) is 65.0 Å². The number of hydrogen-bond acceptors (Lipinski definition) is 7. The smallest absolute Gasteiger partial charge is 0.411 e. The van der Waals surface area contributed by atoms with E-state index in [0.29, 0.717) is 31.9 Å². The molecule has 0 atom stereocenters. The van der Waals surface area contributed by atoms with Crippen molar-refractivity contribution in [2.75, 3.05) is 64.7 Å². The number of carbonyl (C=O) groups is 3. The average Bonchev–Trinajstić information content (AvgIpc) is 3.49. The number of likely N-dealkylation sites (N-methyl/N-ethyl adjacent to an activating group) is 1. The molecule has 0 unspecified atom stereocenters. The third-order valence-corrected chi connectivity index (χ3v) is 7.96. The molecular weight excluding hydrogens is 534 g/mol. The van der Waals surface area contributed by atoms with Crippen LogP contribution in [0, 0.1) is 0 Å². The second-order valence-corrected chi connectivity index (χ2v) is 10.9. The lowest BCUT2D eigenvalue weighted by Gasteiger charge is -2.32. The SMILES string of the molecule is CN(CCN1CCC(OC(=O)Nc2ccccc2-c2ccccc2)CC1)C(=O)c1ccc(CN2CCN(C=O)CC2)o1. The van der Waals surface area contributed by atoms with E-state index in [0.717, 1.165) is 74.6 Å². The van der Waals surface area contributed by atoms with Gasteiger partial charge in [-0.05, 0) is 36.6 Å². The Hall–Kier alpha value is -4.15. The van der Waals surface area contributed by atoms with Crippen LogP contribution in [0.25, 0.3) is 11.1 Å². The van der Waals surface area contributed by atoms with Crippen LogP contribution in [-0.4, -0.2) is 104 Å². The van der Waals surface area contributed by atoms with Crippen molar-refractivity contribution in [3.8, 4) is 11.1 Å². The van der Waals surface area contributed by atoms with Gasteiger partial charge < -0.3 is 23.9 Å². The number of nitrogens with zero attached hydrogens (tertiary/aromatic N) is 4. The van der Waals surface area contributed by atoms with Crippen LogP contribution < -0.4 is 5.32 Å². The van der Waals surface area contributed by atoms with Gasteiger partial charge in [-0.25, -0.2) is 4.79 Å². The minimum Gasteiger partial charge on any atom is -0.455 e. The molecule has 222 valence electrons. The molecule has 3 amide bonds. The van der Waals surface area contributed by atoms with Gasteiger partial charge in [-0.2, -0.15) is 0 Å². The molecule has 5 rings (SSSR count). The summed E-state index contributed by atoms with van der Waals surface area (Å²) in [5.41, 5.74) is 2.70. The predicted molar refractivity (Wildman–Crippen MR) is 160 cm³/mol. The van der Waals surface area contributed by atoms with Crippen LogP contribution in [0.5, 0.6) is 0 Å². The van der Waals surface area contributed by atoms with Crippen LogP contribution >= 0.6 is 0 Å². The van der Waals surface area contributed by atoms with Gasteiger partial charge in [0.1, 0.15) is 11.9 Å². The highest BCUT2D eigenvalue weighted by molar-refractivity contribution is 5.92. The second kappa shape index (κ2) is 14.2. The fourth-order valence-corrected chi connectivity index (χ4v) is 5.41. The molecule has 42 heavy (non-hydrogen) atoms. The molecule has 1 N–H and O–H groups in total. The van der Waals surface area contributed by atoms with Gasteiger partial charge in [0.15, 0.2) is 5.76 Å². The first-order chi connectivity index (χ1) is 20.5. The quantitative estimate of drug-likeness (QED) is 0.366. The number of furan rings is 1. The van der Waals surface area contributed by atoms with Crippen molar-refractivity contribution in [2.45, 2.75) is 25.5 Å². The predicted octanol–water partition coefficient (Wildman–Crippen LogP) is 4.01. The van der Waals surface area contributed by atoms with Crippen molar-refractivity contribution in [1.29, 1.82) is 0 Å². The van der Waals surface area contributed by atoms with Crippen LogP contribution in [0.4, 0.5) is 10.5 Å².